The van der Waals surface area contributed by atoms with Gasteiger partial charge in [-0.3, -0.25) is 5.32 Å². The predicted molar refractivity (Wildman–Crippen MR) is 88.5 cm³/mol. The minimum Gasteiger partial charge on any atom is -0.375 e. The molecule has 3 heteroatoms. The van der Waals surface area contributed by atoms with Gasteiger partial charge >= 0.3 is 0 Å². The highest BCUT2D eigenvalue weighted by atomic mass is 15.1. The van der Waals surface area contributed by atoms with E-state index in [9.17, 15) is 5.26 Å². The molecule has 0 bridgehead atoms. The van der Waals surface area contributed by atoms with Crippen LogP contribution in [-0.4, -0.2) is 25.2 Å². The second kappa shape index (κ2) is 6.95. The molecular weight excluding hydrogens is 258 g/mol. The van der Waals surface area contributed by atoms with Gasteiger partial charge in [-0.05, 0) is 56.7 Å². The average Bonchev–Trinajstić information content (AvgIpc) is 3.30. The van der Waals surface area contributed by atoms with Gasteiger partial charge in [0, 0.05) is 25.3 Å². The van der Waals surface area contributed by atoms with Crippen molar-refractivity contribution in [2.75, 3.05) is 18.5 Å². The maximum absolute atomic E-state index is 9.55. The maximum Gasteiger partial charge on any atom is 0.106 e. The normalized spacial score (nSPS) is 17.0. The first-order valence-corrected chi connectivity index (χ1v) is 8.05. The number of nitriles is 1. The Balaban J connectivity index is 1.85. The molecular formula is C18H27N3. The van der Waals surface area contributed by atoms with E-state index in [0.29, 0.717) is 6.04 Å². The maximum atomic E-state index is 9.55. The largest absolute Gasteiger partial charge is 0.375 e. The highest BCUT2D eigenvalue weighted by Gasteiger charge is 2.34. The zero-order chi connectivity index (χ0) is 15.3. The summed E-state index contributed by atoms with van der Waals surface area (Å²) in [5.41, 5.74) is 2.22. The molecule has 1 N–H and O–H groups in total. The monoisotopic (exact) mass is 285 g/mol. The quantitative estimate of drug-likeness (QED) is 0.792. The molecule has 1 aliphatic carbocycles. The van der Waals surface area contributed by atoms with Crippen molar-refractivity contribution < 1.29 is 0 Å². The van der Waals surface area contributed by atoms with E-state index in [1.165, 1.54) is 24.1 Å². The smallest absolute Gasteiger partial charge is 0.106 e. The summed E-state index contributed by atoms with van der Waals surface area (Å²) < 4.78 is 0. The molecule has 0 heterocycles. The third kappa shape index (κ3) is 4.47. The molecule has 2 rings (SSSR count). The Morgan fingerprint density at radius 2 is 2.19 bits per heavy atom. The summed E-state index contributed by atoms with van der Waals surface area (Å²) >= 11 is 0. The lowest BCUT2D eigenvalue weighted by atomic mass is 9.91. The van der Waals surface area contributed by atoms with Gasteiger partial charge in [-0.1, -0.05) is 19.1 Å². The van der Waals surface area contributed by atoms with Crippen LogP contribution >= 0.6 is 0 Å². The summed E-state index contributed by atoms with van der Waals surface area (Å²) in [6, 6.07) is 11.7. The van der Waals surface area contributed by atoms with Crippen LogP contribution in [0.3, 0.4) is 0 Å². The van der Waals surface area contributed by atoms with Gasteiger partial charge in [0.2, 0.25) is 0 Å². The fourth-order valence-electron chi connectivity index (χ4n) is 2.75. The average molecular weight is 285 g/mol. The molecule has 114 valence electrons. The fraction of sp³-hybridized carbons (Fsp3) is 0.611. The predicted octanol–water partition coefficient (Wildman–Crippen LogP) is 3.64. The van der Waals surface area contributed by atoms with E-state index in [1.807, 2.05) is 0 Å². The van der Waals surface area contributed by atoms with Crippen LogP contribution in [0.5, 0.6) is 0 Å². The number of hydrogen-bond acceptors (Lipinski definition) is 3. The van der Waals surface area contributed by atoms with Gasteiger partial charge in [-0.15, -0.1) is 0 Å². The second-order valence-electron chi connectivity index (χ2n) is 6.33. The van der Waals surface area contributed by atoms with Crippen LogP contribution in [0, 0.1) is 18.3 Å². The second-order valence-corrected chi connectivity index (χ2v) is 6.33. The first-order chi connectivity index (χ1) is 10.1. The molecule has 0 aromatic heterocycles. The topological polar surface area (TPSA) is 39.1 Å². The van der Waals surface area contributed by atoms with Crippen molar-refractivity contribution in [1.29, 1.82) is 5.26 Å². The zero-order valence-corrected chi connectivity index (χ0v) is 13.5. The fourth-order valence-corrected chi connectivity index (χ4v) is 2.75. The molecule has 1 atom stereocenters. The van der Waals surface area contributed by atoms with Crippen molar-refractivity contribution in [1.82, 2.24) is 5.32 Å². The summed E-state index contributed by atoms with van der Waals surface area (Å²) in [7, 11) is 2.13. The number of benzene rings is 1. The Hall–Kier alpha value is -1.53. The summed E-state index contributed by atoms with van der Waals surface area (Å²) in [5, 5.41) is 13.1. The third-order valence-electron chi connectivity index (χ3n) is 4.41. The Labute approximate surface area is 129 Å². The van der Waals surface area contributed by atoms with Crippen LogP contribution in [0.1, 0.15) is 44.6 Å². The van der Waals surface area contributed by atoms with Gasteiger partial charge in [-0.25, -0.2) is 0 Å². The van der Waals surface area contributed by atoms with Crippen LogP contribution in [0.25, 0.3) is 0 Å². The first-order valence-electron chi connectivity index (χ1n) is 8.05. The molecule has 21 heavy (non-hydrogen) atoms. The molecule has 1 aromatic rings. The van der Waals surface area contributed by atoms with Crippen molar-refractivity contribution in [2.24, 2.45) is 0 Å². The molecule has 0 spiro atoms. The Morgan fingerprint density at radius 3 is 2.76 bits per heavy atom. The number of anilines is 1. The van der Waals surface area contributed by atoms with Crippen molar-refractivity contribution in [3.05, 3.63) is 29.8 Å². The van der Waals surface area contributed by atoms with Gasteiger partial charge in [0.15, 0.2) is 0 Å². The Kier molecular flexibility index (Phi) is 5.25. The molecule has 0 amide bonds. The number of aryl methyl sites for hydroxylation is 1. The highest BCUT2D eigenvalue weighted by molar-refractivity contribution is 5.47. The van der Waals surface area contributed by atoms with Crippen LogP contribution in [0.15, 0.2) is 24.3 Å². The van der Waals surface area contributed by atoms with E-state index in [-0.39, 0.29) is 5.54 Å². The van der Waals surface area contributed by atoms with Gasteiger partial charge in [0.25, 0.3) is 0 Å². The molecule has 0 radical (unpaired) electrons. The molecule has 1 aliphatic rings. The van der Waals surface area contributed by atoms with Gasteiger partial charge < -0.3 is 4.90 Å². The third-order valence-corrected chi connectivity index (χ3v) is 4.41. The summed E-state index contributed by atoms with van der Waals surface area (Å²) in [4.78, 5) is 2.28. The van der Waals surface area contributed by atoms with Crippen molar-refractivity contribution in [3.8, 4) is 6.07 Å². The molecule has 1 unspecified atom stereocenters. The minimum atomic E-state index is -0.325. The highest BCUT2D eigenvalue weighted by Crippen LogP contribution is 2.27. The lowest BCUT2D eigenvalue weighted by Crippen LogP contribution is -2.45. The van der Waals surface area contributed by atoms with Crippen LogP contribution in [-0.2, 0) is 0 Å². The lowest BCUT2D eigenvalue weighted by molar-refractivity contribution is 0.362. The summed E-state index contributed by atoms with van der Waals surface area (Å²) in [6.07, 6.45) is 5.30. The van der Waals surface area contributed by atoms with E-state index < -0.39 is 0 Å². The molecule has 0 saturated heterocycles. The molecule has 3 nitrogen and oxygen atoms in total. The van der Waals surface area contributed by atoms with E-state index in [2.05, 4.69) is 61.4 Å². The minimum absolute atomic E-state index is 0.325. The van der Waals surface area contributed by atoms with E-state index in [4.69, 9.17) is 0 Å². The van der Waals surface area contributed by atoms with Crippen LogP contribution in [0.4, 0.5) is 5.69 Å². The number of nitrogens with one attached hydrogen (secondary N) is 1. The Bertz CT molecular complexity index is 501. The Morgan fingerprint density at radius 1 is 1.43 bits per heavy atom. The SMILES string of the molecule is CCC(C#N)(CCCN(C)c1cccc(C)c1)NC1CC1. The summed E-state index contributed by atoms with van der Waals surface area (Å²) in [5.74, 6) is 0. The van der Waals surface area contributed by atoms with E-state index >= 15 is 0 Å². The molecule has 1 aromatic carbocycles. The van der Waals surface area contributed by atoms with E-state index in [0.717, 1.165) is 25.8 Å². The van der Waals surface area contributed by atoms with Gasteiger partial charge in [0.1, 0.15) is 5.54 Å². The lowest BCUT2D eigenvalue weighted by Gasteiger charge is -2.28. The summed E-state index contributed by atoms with van der Waals surface area (Å²) in [6.45, 7) is 5.22. The zero-order valence-electron chi connectivity index (χ0n) is 13.5. The van der Waals surface area contributed by atoms with Crippen molar-refractivity contribution in [3.63, 3.8) is 0 Å². The molecule has 1 saturated carbocycles. The van der Waals surface area contributed by atoms with E-state index in [1.54, 1.807) is 0 Å². The van der Waals surface area contributed by atoms with Crippen molar-refractivity contribution in [2.45, 2.75) is 57.5 Å². The van der Waals surface area contributed by atoms with Crippen molar-refractivity contribution >= 4 is 5.69 Å². The standard InChI is InChI=1S/C18H27N3/c1-4-18(14-19,20-16-9-10-16)11-6-12-21(3)17-8-5-7-15(2)13-17/h5,7-8,13,16,20H,4,6,9-12H2,1-3H3. The number of rotatable bonds is 8. The van der Waals surface area contributed by atoms with Crippen LogP contribution in [0.2, 0.25) is 0 Å². The van der Waals surface area contributed by atoms with Crippen LogP contribution < -0.4 is 10.2 Å². The number of hydrogen-bond donors (Lipinski definition) is 1. The molecule has 0 aliphatic heterocycles. The van der Waals surface area contributed by atoms with Gasteiger partial charge in [0.05, 0.1) is 6.07 Å². The first kappa shape index (κ1) is 15.9. The van der Waals surface area contributed by atoms with Gasteiger partial charge in [-0.2, -0.15) is 5.26 Å². The number of nitrogens with zero attached hydrogens (tertiary/aromatic N) is 2. The molecule has 1 fully saturated rings.